The van der Waals surface area contributed by atoms with Gasteiger partial charge in [-0.1, -0.05) is 18.2 Å². The first-order chi connectivity index (χ1) is 16.1. The number of carboxylic acids is 1. The SMILES string of the molecule is O=C(O)C[C@@H](c1nc2ccccc2o1)N1CCN(CCCC2=CC=C3CCCNC3N2)C1=O. The number of piperidine rings is 1. The van der Waals surface area contributed by atoms with Crippen LogP contribution in [0.15, 0.2) is 52.1 Å². The highest BCUT2D eigenvalue weighted by molar-refractivity contribution is 5.78. The Hall–Kier alpha value is -3.33. The maximum Gasteiger partial charge on any atom is 0.320 e. The van der Waals surface area contributed by atoms with Crippen LogP contribution in [-0.4, -0.2) is 64.2 Å². The summed E-state index contributed by atoms with van der Waals surface area (Å²) in [5.74, 6) is -0.722. The lowest BCUT2D eigenvalue weighted by Gasteiger charge is -2.32. The van der Waals surface area contributed by atoms with Crippen molar-refractivity contribution in [3.63, 3.8) is 0 Å². The highest BCUT2D eigenvalue weighted by Crippen LogP contribution is 2.30. The number of hydrogen-bond acceptors (Lipinski definition) is 6. The van der Waals surface area contributed by atoms with Crippen molar-refractivity contribution in [2.75, 3.05) is 26.2 Å². The van der Waals surface area contributed by atoms with Crippen molar-refractivity contribution in [3.8, 4) is 0 Å². The molecule has 9 heteroatoms. The number of para-hydroxylation sites is 2. The second-order valence-corrected chi connectivity index (χ2v) is 8.77. The van der Waals surface area contributed by atoms with Crippen molar-refractivity contribution in [1.29, 1.82) is 0 Å². The molecule has 2 aromatic rings. The van der Waals surface area contributed by atoms with E-state index in [9.17, 15) is 14.7 Å². The minimum absolute atomic E-state index is 0.162. The lowest BCUT2D eigenvalue weighted by Crippen LogP contribution is -2.47. The minimum atomic E-state index is -0.993. The number of allylic oxidation sites excluding steroid dienone is 3. The number of aromatic nitrogens is 1. The normalized spacial score (nSPS) is 21.5. The highest BCUT2D eigenvalue weighted by Gasteiger charge is 2.38. The van der Waals surface area contributed by atoms with Gasteiger partial charge in [-0.25, -0.2) is 9.78 Å². The Bertz CT molecular complexity index is 1070. The highest BCUT2D eigenvalue weighted by atomic mass is 16.4. The van der Waals surface area contributed by atoms with Gasteiger partial charge in [0.1, 0.15) is 11.6 Å². The van der Waals surface area contributed by atoms with E-state index in [0.717, 1.165) is 25.8 Å². The van der Waals surface area contributed by atoms with E-state index in [1.165, 1.54) is 17.7 Å². The van der Waals surface area contributed by atoms with E-state index in [-0.39, 0.29) is 24.5 Å². The monoisotopic (exact) mass is 451 g/mol. The molecule has 5 rings (SSSR count). The Labute approximate surface area is 192 Å². The average Bonchev–Trinajstić information content (AvgIpc) is 3.41. The number of rotatable bonds is 8. The Morgan fingerprint density at radius 2 is 2.15 bits per heavy atom. The number of aliphatic carboxylic acids is 1. The van der Waals surface area contributed by atoms with Crippen molar-refractivity contribution in [2.45, 2.75) is 44.3 Å². The van der Waals surface area contributed by atoms with Gasteiger partial charge in [0.05, 0.1) is 12.6 Å². The number of benzene rings is 1. The zero-order valence-electron chi connectivity index (χ0n) is 18.5. The molecule has 3 aliphatic heterocycles. The van der Waals surface area contributed by atoms with Crippen LogP contribution in [0, 0.1) is 0 Å². The topological polar surface area (TPSA) is 111 Å². The lowest BCUT2D eigenvalue weighted by atomic mass is 9.99. The van der Waals surface area contributed by atoms with E-state index in [2.05, 4.69) is 27.8 Å². The van der Waals surface area contributed by atoms with Crippen LogP contribution in [0.5, 0.6) is 0 Å². The van der Waals surface area contributed by atoms with Gasteiger partial charge in [-0.3, -0.25) is 10.1 Å². The third-order valence-corrected chi connectivity index (χ3v) is 6.53. The quantitative estimate of drug-likeness (QED) is 0.566. The fraction of sp³-hybridized carbons (Fsp3) is 0.458. The Kier molecular flexibility index (Phi) is 6.04. The molecule has 0 radical (unpaired) electrons. The molecular weight excluding hydrogens is 422 g/mol. The van der Waals surface area contributed by atoms with Crippen LogP contribution < -0.4 is 10.6 Å². The molecule has 2 fully saturated rings. The van der Waals surface area contributed by atoms with Crippen LogP contribution in [0.1, 0.15) is 44.0 Å². The Morgan fingerprint density at radius 3 is 3.00 bits per heavy atom. The third kappa shape index (κ3) is 4.59. The first kappa shape index (κ1) is 21.5. The van der Waals surface area contributed by atoms with Crippen LogP contribution in [0.3, 0.4) is 0 Å². The molecule has 9 nitrogen and oxygen atoms in total. The summed E-state index contributed by atoms with van der Waals surface area (Å²) in [5, 5.41) is 16.5. The van der Waals surface area contributed by atoms with E-state index >= 15 is 0 Å². The standard InChI is InChI=1S/C24H29N5O4/c30-21(31)15-19(23-27-18-7-1-2-8-20(18)33-23)29-14-13-28(24(29)32)12-4-6-17-10-9-16-5-3-11-25-22(16)26-17/h1-2,7-10,19,22,25-26H,3-6,11-15H2,(H,30,31)/t19-,22?/m0/s1. The lowest BCUT2D eigenvalue weighted by molar-refractivity contribution is -0.138. The molecule has 3 aliphatic rings. The molecule has 2 saturated heterocycles. The largest absolute Gasteiger partial charge is 0.481 e. The average molecular weight is 452 g/mol. The fourth-order valence-corrected chi connectivity index (χ4v) is 4.82. The first-order valence-corrected chi connectivity index (χ1v) is 11.6. The molecule has 1 unspecified atom stereocenters. The second kappa shape index (κ2) is 9.27. The van der Waals surface area contributed by atoms with Crippen molar-refractivity contribution < 1.29 is 19.1 Å². The smallest absolute Gasteiger partial charge is 0.320 e. The van der Waals surface area contributed by atoms with Crippen LogP contribution in [-0.2, 0) is 4.79 Å². The summed E-state index contributed by atoms with van der Waals surface area (Å²) in [7, 11) is 0. The summed E-state index contributed by atoms with van der Waals surface area (Å²) in [6.45, 7) is 2.67. The number of carbonyl (C=O) groups is 2. The maximum atomic E-state index is 13.1. The summed E-state index contributed by atoms with van der Waals surface area (Å²) in [6.07, 6.45) is 8.34. The van der Waals surface area contributed by atoms with Gasteiger partial charge in [0.15, 0.2) is 5.58 Å². The van der Waals surface area contributed by atoms with Gasteiger partial charge in [-0.05, 0) is 56.0 Å². The number of nitrogens with zero attached hydrogens (tertiary/aromatic N) is 3. The number of hydrogen-bond donors (Lipinski definition) is 3. The molecule has 33 heavy (non-hydrogen) atoms. The van der Waals surface area contributed by atoms with Gasteiger partial charge < -0.3 is 24.6 Å². The van der Waals surface area contributed by atoms with Gasteiger partial charge in [0.2, 0.25) is 5.89 Å². The number of carbonyl (C=O) groups excluding carboxylic acids is 1. The number of amides is 2. The molecule has 1 aromatic carbocycles. The number of nitrogens with one attached hydrogen (secondary N) is 2. The summed E-state index contributed by atoms with van der Waals surface area (Å²) < 4.78 is 5.82. The maximum absolute atomic E-state index is 13.1. The van der Waals surface area contributed by atoms with Crippen LogP contribution in [0.2, 0.25) is 0 Å². The van der Waals surface area contributed by atoms with E-state index in [4.69, 9.17) is 4.42 Å². The predicted octanol–water partition coefficient (Wildman–Crippen LogP) is 2.98. The van der Waals surface area contributed by atoms with E-state index in [1.807, 2.05) is 18.2 Å². The number of oxazole rings is 1. The Morgan fingerprint density at radius 1 is 1.27 bits per heavy atom. The van der Waals surface area contributed by atoms with Crippen LogP contribution >= 0.6 is 0 Å². The van der Waals surface area contributed by atoms with Crippen LogP contribution in [0.25, 0.3) is 11.1 Å². The van der Waals surface area contributed by atoms with Crippen molar-refractivity contribution in [1.82, 2.24) is 25.4 Å². The number of fused-ring (bicyclic) bond motifs is 2. The van der Waals surface area contributed by atoms with E-state index < -0.39 is 12.0 Å². The molecule has 0 bridgehead atoms. The Balaban J connectivity index is 1.21. The van der Waals surface area contributed by atoms with Crippen molar-refractivity contribution >= 4 is 23.1 Å². The second-order valence-electron chi connectivity index (χ2n) is 8.77. The predicted molar refractivity (Wildman–Crippen MR) is 122 cm³/mol. The molecule has 0 saturated carbocycles. The molecular formula is C24H29N5O4. The minimum Gasteiger partial charge on any atom is -0.481 e. The fourth-order valence-electron chi connectivity index (χ4n) is 4.82. The summed E-state index contributed by atoms with van der Waals surface area (Å²) >= 11 is 0. The molecule has 174 valence electrons. The number of urea groups is 1. The van der Waals surface area contributed by atoms with Crippen LogP contribution in [0.4, 0.5) is 4.79 Å². The number of dihydropyridines is 1. The third-order valence-electron chi connectivity index (χ3n) is 6.53. The van der Waals surface area contributed by atoms with Gasteiger partial charge in [-0.15, -0.1) is 0 Å². The summed E-state index contributed by atoms with van der Waals surface area (Å²) in [5.41, 5.74) is 3.82. The zero-order chi connectivity index (χ0) is 22.8. The number of carboxylic acid groups (broad SMARTS) is 1. The summed E-state index contributed by atoms with van der Waals surface area (Å²) in [6, 6.07) is 6.40. The molecule has 4 heterocycles. The van der Waals surface area contributed by atoms with Gasteiger partial charge >= 0.3 is 12.0 Å². The first-order valence-electron chi connectivity index (χ1n) is 11.6. The molecule has 0 aliphatic carbocycles. The van der Waals surface area contributed by atoms with Gasteiger partial charge in [0.25, 0.3) is 0 Å². The molecule has 2 atom stereocenters. The van der Waals surface area contributed by atoms with Gasteiger partial charge in [-0.2, -0.15) is 0 Å². The zero-order valence-corrected chi connectivity index (χ0v) is 18.5. The molecule has 2 amide bonds. The van der Waals surface area contributed by atoms with Crippen molar-refractivity contribution in [3.05, 3.63) is 53.6 Å². The van der Waals surface area contributed by atoms with Crippen molar-refractivity contribution in [2.24, 2.45) is 0 Å². The molecule has 0 spiro atoms. The molecule has 1 aromatic heterocycles. The molecule has 3 N–H and O–H groups in total. The summed E-state index contributed by atoms with van der Waals surface area (Å²) in [4.78, 5) is 32.5. The van der Waals surface area contributed by atoms with E-state index in [0.29, 0.717) is 30.7 Å². The van der Waals surface area contributed by atoms with Gasteiger partial charge in [0, 0.05) is 25.3 Å². The van der Waals surface area contributed by atoms with E-state index in [1.54, 1.807) is 15.9 Å².